The van der Waals surface area contributed by atoms with Gasteiger partial charge in [-0.05, 0) is 37.1 Å². The summed E-state index contributed by atoms with van der Waals surface area (Å²) < 4.78 is 0. The normalized spacial score (nSPS) is 14.6. The highest BCUT2D eigenvalue weighted by Crippen LogP contribution is 2.27. The SMILES string of the molecule is CC(C)(C)c1ncc(C(=O)Nc2ccc(C(=O)N3CCCC3)cc2)s1. The first-order chi connectivity index (χ1) is 11.8. The minimum atomic E-state index is -0.174. The first-order valence-corrected chi connectivity index (χ1v) is 9.33. The molecule has 6 heteroatoms. The topological polar surface area (TPSA) is 62.3 Å². The third-order valence-electron chi connectivity index (χ3n) is 4.15. The molecule has 5 nitrogen and oxygen atoms in total. The van der Waals surface area contributed by atoms with E-state index in [-0.39, 0.29) is 17.2 Å². The summed E-state index contributed by atoms with van der Waals surface area (Å²) in [7, 11) is 0. The van der Waals surface area contributed by atoms with Crippen molar-refractivity contribution in [3.8, 4) is 0 Å². The van der Waals surface area contributed by atoms with E-state index in [2.05, 4.69) is 31.1 Å². The summed E-state index contributed by atoms with van der Waals surface area (Å²) in [4.78, 5) is 31.5. The van der Waals surface area contributed by atoms with E-state index in [1.807, 2.05) is 4.90 Å². The number of amides is 2. The van der Waals surface area contributed by atoms with Gasteiger partial charge in [0.25, 0.3) is 11.8 Å². The van der Waals surface area contributed by atoms with Crippen LogP contribution in [0.1, 0.15) is 58.7 Å². The zero-order valence-corrected chi connectivity index (χ0v) is 15.7. The van der Waals surface area contributed by atoms with Crippen LogP contribution in [0.5, 0.6) is 0 Å². The van der Waals surface area contributed by atoms with Gasteiger partial charge < -0.3 is 10.2 Å². The highest BCUT2D eigenvalue weighted by Gasteiger charge is 2.21. The van der Waals surface area contributed by atoms with Gasteiger partial charge in [0.2, 0.25) is 0 Å². The van der Waals surface area contributed by atoms with Crippen molar-refractivity contribution in [2.75, 3.05) is 18.4 Å². The second-order valence-electron chi connectivity index (χ2n) is 7.31. The second-order valence-corrected chi connectivity index (χ2v) is 8.34. The number of aromatic nitrogens is 1. The van der Waals surface area contributed by atoms with Crippen LogP contribution in [0.25, 0.3) is 0 Å². The minimum absolute atomic E-state index is 0.0626. The summed E-state index contributed by atoms with van der Waals surface area (Å²) in [5.41, 5.74) is 1.27. The molecule has 2 heterocycles. The van der Waals surface area contributed by atoms with Crippen LogP contribution < -0.4 is 5.32 Å². The van der Waals surface area contributed by atoms with E-state index in [0.29, 0.717) is 16.1 Å². The van der Waals surface area contributed by atoms with E-state index in [9.17, 15) is 9.59 Å². The van der Waals surface area contributed by atoms with Gasteiger partial charge in [-0.3, -0.25) is 9.59 Å². The van der Waals surface area contributed by atoms with E-state index in [4.69, 9.17) is 0 Å². The Hall–Kier alpha value is -2.21. The van der Waals surface area contributed by atoms with Crippen LogP contribution in [-0.4, -0.2) is 34.8 Å². The molecule has 1 aromatic heterocycles. The number of carbonyl (C=O) groups excluding carboxylic acids is 2. The Labute approximate surface area is 152 Å². The third-order valence-corrected chi connectivity index (χ3v) is 5.58. The van der Waals surface area contributed by atoms with Crippen LogP contribution in [-0.2, 0) is 5.41 Å². The number of likely N-dealkylation sites (tertiary alicyclic amines) is 1. The van der Waals surface area contributed by atoms with Gasteiger partial charge in [-0.2, -0.15) is 0 Å². The summed E-state index contributed by atoms with van der Waals surface area (Å²) in [6.07, 6.45) is 3.77. The van der Waals surface area contributed by atoms with Gasteiger partial charge in [-0.1, -0.05) is 20.8 Å². The lowest BCUT2D eigenvalue weighted by Crippen LogP contribution is -2.27. The first kappa shape index (κ1) is 17.6. The Morgan fingerprint density at radius 3 is 2.32 bits per heavy atom. The van der Waals surface area contributed by atoms with Crippen LogP contribution in [0, 0.1) is 0 Å². The molecule has 132 valence electrons. The zero-order chi connectivity index (χ0) is 18.0. The molecule has 2 amide bonds. The van der Waals surface area contributed by atoms with Crippen molar-refractivity contribution in [2.45, 2.75) is 39.0 Å². The number of anilines is 1. The molecule has 1 saturated heterocycles. The van der Waals surface area contributed by atoms with E-state index in [0.717, 1.165) is 30.9 Å². The largest absolute Gasteiger partial charge is 0.339 e. The maximum atomic E-state index is 12.4. The van der Waals surface area contributed by atoms with Crippen LogP contribution in [0.4, 0.5) is 5.69 Å². The van der Waals surface area contributed by atoms with Crippen LogP contribution in [0.3, 0.4) is 0 Å². The molecule has 0 saturated carbocycles. The standard InChI is InChI=1S/C19H23N3O2S/c1-19(2,3)18-20-12-15(25-18)16(23)21-14-8-6-13(7-9-14)17(24)22-10-4-5-11-22/h6-9,12H,4-5,10-11H2,1-3H3,(H,21,23). The fraction of sp³-hybridized carbons (Fsp3) is 0.421. The average molecular weight is 357 g/mol. The number of thiazole rings is 1. The van der Waals surface area contributed by atoms with Crippen molar-refractivity contribution in [1.82, 2.24) is 9.88 Å². The molecule has 1 aliphatic heterocycles. The summed E-state index contributed by atoms with van der Waals surface area (Å²) in [6, 6.07) is 7.08. The molecule has 25 heavy (non-hydrogen) atoms. The first-order valence-electron chi connectivity index (χ1n) is 8.51. The highest BCUT2D eigenvalue weighted by atomic mass is 32.1. The molecule has 1 N–H and O–H groups in total. The number of benzene rings is 1. The van der Waals surface area contributed by atoms with E-state index in [1.165, 1.54) is 11.3 Å². The average Bonchev–Trinajstić information content (AvgIpc) is 3.26. The van der Waals surface area contributed by atoms with Gasteiger partial charge >= 0.3 is 0 Å². The maximum Gasteiger partial charge on any atom is 0.267 e. The van der Waals surface area contributed by atoms with E-state index in [1.54, 1.807) is 30.5 Å². The molecular weight excluding hydrogens is 334 g/mol. The number of nitrogens with zero attached hydrogens (tertiary/aromatic N) is 2. The maximum absolute atomic E-state index is 12.4. The number of nitrogens with one attached hydrogen (secondary N) is 1. The predicted octanol–water partition coefficient (Wildman–Crippen LogP) is 3.93. The van der Waals surface area contributed by atoms with E-state index >= 15 is 0 Å². The third kappa shape index (κ3) is 4.07. The Bertz CT molecular complexity index is 769. The monoisotopic (exact) mass is 357 g/mol. The molecule has 0 atom stereocenters. The Morgan fingerprint density at radius 2 is 1.76 bits per heavy atom. The molecule has 0 radical (unpaired) electrons. The van der Waals surface area contributed by atoms with E-state index < -0.39 is 0 Å². The minimum Gasteiger partial charge on any atom is -0.339 e. The van der Waals surface area contributed by atoms with Crippen molar-refractivity contribution in [2.24, 2.45) is 0 Å². The molecule has 0 aliphatic carbocycles. The Kier molecular flexibility index (Phi) is 4.90. The lowest BCUT2D eigenvalue weighted by atomic mass is 9.98. The molecule has 1 aliphatic rings. The lowest BCUT2D eigenvalue weighted by molar-refractivity contribution is 0.0792. The predicted molar refractivity (Wildman–Crippen MR) is 100 cm³/mol. The molecule has 1 fully saturated rings. The summed E-state index contributed by atoms with van der Waals surface area (Å²) in [5.74, 6) is -0.112. The van der Waals surface area contributed by atoms with Crippen LogP contribution >= 0.6 is 11.3 Å². The highest BCUT2D eigenvalue weighted by molar-refractivity contribution is 7.13. The molecular formula is C19H23N3O2S. The van der Waals surface area contributed by atoms with Crippen molar-refractivity contribution in [1.29, 1.82) is 0 Å². The molecule has 1 aromatic carbocycles. The molecule has 2 aromatic rings. The van der Waals surface area contributed by atoms with Crippen LogP contribution in [0.15, 0.2) is 30.5 Å². The van der Waals surface area contributed by atoms with Gasteiger partial charge in [0.1, 0.15) is 4.88 Å². The fourth-order valence-corrected chi connectivity index (χ4v) is 3.59. The van der Waals surface area contributed by atoms with Gasteiger partial charge in [0.15, 0.2) is 0 Å². The number of rotatable bonds is 3. The van der Waals surface area contributed by atoms with Gasteiger partial charge in [0, 0.05) is 29.8 Å². The molecule has 3 rings (SSSR count). The number of carbonyl (C=O) groups is 2. The number of hydrogen-bond donors (Lipinski definition) is 1. The van der Waals surface area contributed by atoms with Crippen LogP contribution in [0.2, 0.25) is 0 Å². The van der Waals surface area contributed by atoms with Gasteiger partial charge in [-0.25, -0.2) is 4.98 Å². The smallest absolute Gasteiger partial charge is 0.267 e. The van der Waals surface area contributed by atoms with Gasteiger partial charge in [0.05, 0.1) is 11.2 Å². The van der Waals surface area contributed by atoms with Crippen molar-refractivity contribution in [3.05, 3.63) is 45.9 Å². The van der Waals surface area contributed by atoms with Gasteiger partial charge in [-0.15, -0.1) is 11.3 Å². The lowest BCUT2D eigenvalue weighted by Gasteiger charge is -2.15. The fourth-order valence-electron chi connectivity index (χ4n) is 2.72. The molecule has 0 bridgehead atoms. The Balaban J connectivity index is 1.65. The molecule has 0 unspecified atom stereocenters. The summed E-state index contributed by atoms with van der Waals surface area (Å²) in [5, 5.41) is 3.80. The zero-order valence-electron chi connectivity index (χ0n) is 14.8. The second kappa shape index (κ2) is 6.96. The van der Waals surface area contributed by atoms with Crippen molar-refractivity contribution >= 4 is 28.8 Å². The molecule has 0 spiro atoms. The summed E-state index contributed by atoms with van der Waals surface area (Å²) >= 11 is 1.41. The van der Waals surface area contributed by atoms with Crippen molar-refractivity contribution in [3.63, 3.8) is 0 Å². The Morgan fingerprint density at radius 1 is 1.12 bits per heavy atom. The number of hydrogen-bond acceptors (Lipinski definition) is 4. The summed E-state index contributed by atoms with van der Waals surface area (Å²) in [6.45, 7) is 7.88. The van der Waals surface area contributed by atoms with Crippen molar-refractivity contribution < 1.29 is 9.59 Å². The quantitative estimate of drug-likeness (QED) is 0.905.